The van der Waals surface area contributed by atoms with E-state index in [0.29, 0.717) is 18.2 Å². The molecule has 0 bridgehead atoms. The Morgan fingerprint density at radius 1 is 1.31 bits per heavy atom. The molecule has 0 aromatic carbocycles. The third-order valence-electron chi connectivity index (χ3n) is 3.91. The van der Waals surface area contributed by atoms with Gasteiger partial charge in [-0.1, -0.05) is 13.8 Å². The van der Waals surface area contributed by atoms with Crippen molar-refractivity contribution in [2.24, 2.45) is 10.4 Å². The molecular formula is C12H23N3O. The van der Waals surface area contributed by atoms with E-state index in [2.05, 4.69) is 29.5 Å². The standard InChI is InChI=1S/C12H23N3O/c1-12(2)9(7-10(12)16-4)15-11(13-3)14-8-5-6-8/h8-10H,5-7H2,1-4H3,(H2,13,14,15). The highest BCUT2D eigenvalue weighted by Gasteiger charge is 2.49. The fourth-order valence-corrected chi connectivity index (χ4v) is 2.29. The number of nitrogens with one attached hydrogen (secondary N) is 2. The summed E-state index contributed by atoms with van der Waals surface area (Å²) >= 11 is 0. The Balaban J connectivity index is 1.85. The highest BCUT2D eigenvalue weighted by Crippen LogP contribution is 2.42. The summed E-state index contributed by atoms with van der Waals surface area (Å²) in [5.74, 6) is 0.940. The third kappa shape index (κ3) is 2.17. The SMILES string of the molecule is CN=C(NC1CC1)NC1CC(OC)C1(C)C. The number of methoxy groups -OCH3 is 1. The predicted octanol–water partition coefficient (Wildman–Crippen LogP) is 1.13. The van der Waals surface area contributed by atoms with Crippen LogP contribution >= 0.6 is 0 Å². The molecule has 0 aromatic rings. The molecule has 4 heteroatoms. The van der Waals surface area contributed by atoms with Crippen LogP contribution in [0.2, 0.25) is 0 Å². The fraction of sp³-hybridized carbons (Fsp3) is 0.917. The van der Waals surface area contributed by atoms with Gasteiger partial charge in [0.1, 0.15) is 0 Å². The van der Waals surface area contributed by atoms with Gasteiger partial charge >= 0.3 is 0 Å². The van der Waals surface area contributed by atoms with Crippen molar-refractivity contribution in [3.63, 3.8) is 0 Å². The van der Waals surface area contributed by atoms with Gasteiger partial charge in [-0.3, -0.25) is 4.99 Å². The van der Waals surface area contributed by atoms with Gasteiger partial charge in [-0.25, -0.2) is 0 Å². The Hall–Kier alpha value is -0.770. The molecule has 2 N–H and O–H groups in total. The normalized spacial score (nSPS) is 33.1. The van der Waals surface area contributed by atoms with Gasteiger partial charge in [-0.15, -0.1) is 0 Å². The largest absolute Gasteiger partial charge is 0.381 e. The van der Waals surface area contributed by atoms with Crippen molar-refractivity contribution in [2.75, 3.05) is 14.2 Å². The van der Waals surface area contributed by atoms with Crippen molar-refractivity contribution in [3.8, 4) is 0 Å². The molecular weight excluding hydrogens is 202 g/mol. The highest BCUT2D eigenvalue weighted by atomic mass is 16.5. The fourth-order valence-electron chi connectivity index (χ4n) is 2.29. The zero-order valence-corrected chi connectivity index (χ0v) is 10.7. The summed E-state index contributed by atoms with van der Waals surface area (Å²) in [5, 5.41) is 6.90. The van der Waals surface area contributed by atoms with Gasteiger partial charge in [0.15, 0.2) is 5.96 Å². The molecule has 2 rings (SSSR count). The molecule has 0 saturated heterocycles. The van der Waals surface area contributed by atoms with E-state index in [1.807, 2.05) is 7.05 Å². The first kappa shape index (κ1) is 11.7. The minimum atomic E-state index is 0.190. The van der Waals surface area contributed by atoms with Crippen molar-refractivity contribution in [1.82, 2.24) is 10.6 Å². The molecule has 0 aliphatic heterocycles. The summed E-state index contributed by atoms with van der Waals surface area (Å²) in [7, 11) is 3.62. The molecule has 2 atom stereocenters. The Bertz CT molecular complexity index is 284. The van der Waals surface area contributed by atoms with Crippen LogP contribution in [0.3, 0.4) is 0 Å². The van der Waals surface area contributed by atoms with Crippen LogP contribution in [-0.4, -0.2) is 38.3 Å². The van der Waals surface area contributed by atoms with Crippen LogP contribution in [0.4, 0.5) is 0 Å². The Labute approximate surface area is 97.9 Å². The first-order valence-electron chi connectivity index (χ1n) is 6.10. The number of aliphatic imine (C=N–C) groups is 1. The zero-order valence-electron chi connectivity index (χ0n) is 10.7. The maximum Gasteiger partial charge on any atom is 0.191 e. The molecule has 2 saturated carbocycles. The molecule has 0 radical (unpaired) electrons. The minimum absolute atomic E-state index is 0.190. The van der Waals surface area contributed by atoms with Crippen LogP contribution in [0, 0.1) is 5.41 Å². The van der Waals surface area contributed by atoms with Gasteiger partial charge in [0.2, 0.25) is 0 Å². The van der Waals surface area contributed by atoms with Crippen molar-refractivity contribution in [1.29, 1.82) is 0 Å². The van der Waals surface area contributed by atoms with E-state index in [1.165, 1.54) is 12.8 Å². The van der Waals surface area contributed by atoms with Crippen LogP contribution in [0.25, 0.3) is 0 Å². The van der Waals surface area contributed by atoms with Gasteiger partial charge in [0.05, 0.1) is 6.10 Å². The molecule has 0 aromatic heterocycles. The second-order valence-corrected chi connectivity index (χ2v) is 5.47. The number of ether oxygens (including phenoxy) is 1. The smallest absolute Gasteiger partial charge is 0.191 e. The lowest BCUT2D eigenvalue weighted by Crippen LogP contribution is -2.63. The van der Waals surface area contributed by atoms with Crippen molar-refractivity contribution >= 4 is 5.96 Å². The number of hydrogen-bond acceptors (Lipinski definition) is 2. The summed E-state index contributed by atoms with van der Waals surface area (Å²) < 4.78 is 5.44. The highest BCUT2D eigenvalue weighted by molar-refractivity contribution is 5.80. The summed E-state index contributed by atoms with van der Waals surface area (Å²) in [6.07, 6.45) is 3.98. The number of rotatable bonds is 3. The maximum atomic E-state index is 5.44. The Kier molecular flexibility index (Phi) is 3.10. The molecule has 0 spiro atoms. The molecule has 16 heavy (non-hydrogen) atoms. The average Bonchev–Trinajstić information content (AvgIpc) is 3.05. The lowest BCUT2D eigenvalue weighted by Gasteiger charge is -2.51. The van der Waals surface area contributed by atoms with E-state index in [4.69, 9.17) is 4.74 Å². The second-order valence-electron chi connectivity index (χ2n) is 5.47. The Morgan fingerprint density at radius 3 is 2.44 bits per heavy atom. The van der Waals surface area contributed by atoms with Crippen LogP contribution in [0.15, 0.2) is 4.99 Å². The molecule has 2 fully saturated rings. The van der Waals surface area contributed by atoms with Gasteiger partial charge in [0.25, 0.3) is 0 Å². The number of hydrogen-bond donors (Lipinski definition) is 2. The van der Waals surface area contributed by atoms with Gasteiger partial charge < -0.3 is 15.4 Å². The van der Waals surface area contributed by atoms with E-state index in [9.17, 15) is 0 Å². The zero-order chi connectivity index (χ0) is 11.8. The van der Waals surface area contributed by atoms with Crippen LogP contribution < -0.4 is 10.6 Å². The molecule has 0 amide bonds. The summed E-state index contributed by atoms with van der Waals surface area (Å²) in [4.78, 5) is 4.26. The van der Waals surface area contributed by atoms with E-state index in [0.717, 1.165) is 12.4 Å². The molecule has 2 unspecified atom stereocenters. The van der Waals surface area contributed by atoms with Crippen LogP contribution in [0.5, 0.6) is 0 Å². The molecule has 4 nitrogen and oxygen atoms in total. The quantitative estimate of drug-likeness (QED) is 0.559. The molecule has 2 aliphatic carbocycles. The Morgan fingerprint density at radius 2 is 2.00 bits per heavy atom. The topological polar surface area (TPSA) is 45.7 Å². The minimum Gasteiger partial charge on any atom is -0.381 e. The van der Waals surface area contributed by atoms with E-state index < -0.39 is 0 Å². The van der Waals surface area contributed by atoms with Crippen molar-refractivity contribution in [3.05, 3.63) is 0 Å². The summed E-state index contributed by atoms with van der Waals surface area (Å²) in [6.45, 7) is 4.49. The van der Waals surface area contributed by atoms with Gasteiger partial charge in [0, 0.05) is 31.7 Å². The summed E-state index contributed by atoms with van der Waals surface area (Å²) in [5.41, 5.74) is 0.190. The van der Waals surface area contributed by atoms with Crippen LogP contribution in [-0.2, 0) is 4.74 Å². The number of guanidine groups is 1. The molecule has 0 heterocycles. The number of nitrogens with zero attached hydrogens (tertiary/aromatic N) is 1. The second kappa shape index (κ2) is 4.24. The van der Waals surface area contributed by atoms with Crippen molar-refractivity contribution < 1.29 is 4.74 Å². The van der Waals surface area contributed by atoms with Crippen LogP contribution in [0.1, 0.15) is 33.1 Å². The monoisotopic (exact) mass is 225 g/mol. The van der Waals surface area contributed by atoms with E-state index in [-0.39, 0.29) is 5.41 Å². The average molecular weight is 225 g/mol. The molecule has 92 valence electrons. The first-order valence-corrected chi connectivity index (χ1v) is 6.10. The first-order chi connectivity index (χ1) is 7.57. The van der Waals surface area contributed by atoms with Gasteiger partial charge in [-0.05, 0) is 19.3 Å². The third-order valence-corrected chi connectivity index (χ3v) is 3.91. The lowest BCUT2D eigenvalue weighted by molar-refractivity contribution is -0.0922. The molecule has 2 aliphatic rings. The maximum absolute atomic E-state index is 5.44. The van der Waals surface area contributed by atoms with Gasteiger partial charge in [-0.2, -0.15) is 0 Å². The lowest BCUT2D eigenvalue weighted by atomic mass is 9.64. The van der Waals surface area contributed by atoms with Crippen molar-refractivity contribution in [2.45, 2.75) is 51.3 Å². The predicted molar refractivity (Wildman–Crippen MR) is 65.6 cm³/mol. The summed E-state index contributed by atoms with van der Waals surface area (Å²) in [6, 6.07) is 1.11. The van der Waals surface area contributed by atoms with E-state index >= 15 is 0 Å². The van der Waals surface area contributed by atoms with E-state index in [1.54, 1.807) is 7.11 Å².